The first kappa shape index (κ1) is 9.32. The molecule has 1 saturated carbocycles. The molecular formula is C8H17N3O. The molecule has 0 spiro atoms. The van der Waals surface area contributed by atoms with Crippen molar-refractivity contribution in [2.45, 2.75) is 38.6 Å². The molecule has 4 heteroatoms. The number of hydrogen-bond donors (Lipinski definition) is 2. The van der Waals surface area contributed by atoms with Crippen LogP contribution in [0.2, 0.25) is 0 Å². The number of nitrogens with zero attached hydrogens (tertiary/aromatic N) is 1. The minimum atomic E-state index is -0.133. The van der Waals surface area contributed by atoms with E-state index in [1.54, 1.807) is 0 Å². The van der Waals surface area contributed by atoms with Crippen molar-refractivity contribution in [2.24, 2.45) is 5.84 Å². The zero-order valence-corrected chi connectivity index (χ0v) is 7.55. The molecule has 12 heavy (non-hydrogen) atoms. The van der Waals surface area contributed by atoms with Crippen molar-refractivity contribution >= 4 is 6.03 Å². The Kier molecular flexibility index (Phi) is 3.34. The summed E-state index contributed by atoms with van der Waals surface area (Å²) in [6.45, 7) is 2.95. The van der Waals surface area contributed by atoms with Gasteiger partial charge in [-0.2, -0.15) is 0 Å². The molecule has 1 fully saturated rings. The maximum atomic E-state index is 11.2. The van der Waals surface area contributed by atoms with Gasteiger partial charge in [-0.15, -0.1) is 0 Å². The molecule has 0 aromatic heterocycles. The Morgan fingerprint density at radius 3 is 2.75 bits per heavy atom. The van der Waals surface area contributed by atoms with Crippen LogP contribution in [-0.2, 0) is 0 Å². The smallest absolute Gasteiger partial charge is 0.321 e. The molecule has 0 aromatic rings. The largest absolute Gasteiger partial charge is 0.331 e. The second-order valence-corrected chi connectivity index (χ2v) is 3.23. The van der Waals surface area contributed by atoms with Crippen LogP contribution in [0, 0.1) is 0 Å². The summed E-state index contributed by atoms with van der Waals surface area (Å²) in [4.78, 5) is 13.0. The number of nitrogens with one attached hydrogen (secondary N) is 1. The monoisotopic (exact) mass is 171 g/mol. The van der Waals surface area contributed by atoms with Crippen LogP contribution in [0.1, 0.15) is 32.6 Å². The minimum absolute atomic E-state index is 0.133. The van der Waals surface area contributed by atoms with Crippen molar-refractivity contribution in [2.75, 3.05) is 6.54 Å². The molecule has 0 bridgehead atoms. The Labute approximate surface area is 73.1 Å². The summed E-state index contributed by atoms with van der Waals surface area (Å²) in [5.41, 5.74) is 2.18. The Hall–Kier alpha value is -0.770. The summed E-state index contributed by atoms with van der Waals surface area (Å²) in [6.07, 6.45) is 4.44. The number of unbranched alkanes of at least 4 members (excludes halogenated alkanes) is 1. The van der Waals surface area contributed by atoms with E-state index in [4.69, 9.17) is 5.84 Å². The predicted octanol–water partition coefficient (Wildman–Crippen LogP) is 0.834. The fourth-order valence-electron chi connectivity index (χ4n) is 1.25. The van der Waals surface area contributed by atoms with E-state index in [1.165, 1.54) is 0 Å². The molecular weight excluding hydrogens is 154 g/mol. The lowest BCUT2D eigenvalue weighted by atomic mass is 10.3. The third-order valence-corrected chi connectivity index (χ3v) is 2.12. The summed E-state index contributed by atoms with van der Waals surface area (Å²) in [5, 5.41) is 0. The first-order valence-corrected chi connectivity index (χ1v) is 4.56. The number of amides is 2. The third kappa shape index (κ3) is 2.37. The quantitative estimate of drug-likeness (QED) is 0.374. The lowest BCUT2D eigenvalue weighted by molar-refractivity contribution is 0.194. The highest BCUT2D eigenvalue weighted by Crippen LogP contribution is 2.26. The topological polar surface area (TPSA) is 58.4 Å². The van der Waals surface area contributed by atoms with Gasteiger partial charge >= 0.3 is 6.03 Å². The fraction of sp³-hybridized carbons (Fsp3) is 0.875. The second kappa shape index (κ2) is 4.30. The van der Waals surface area contributed by atoms with Crippen LogP contribution in [0.4, 0.5) is 4.79 Å². The van der Waals surface area contributed by atoms with Crippen molar-refractivity contribution < 1.29 is 4.79 Å². The Bertz CT molecular complexity index is 156. The molecule has 0 unspecified atom stereocenters. The highest BCUT2D eigenvalue weighted by Gasteiger charge is 2.31. The Morgan fingerprint density at radius 1 is 1.67 bits per heavy atom. The first-order valence-electron chi connectivity index (χ1n) is 4.56. The number of carbonyl (C=O) groups excluding carboxylic acids is 1. The number of nitrogens with two attached hydrogens (primary N) is 1. The van der Waals surface area contributed by atoms with E-state index < -0.39 is 0 Å². The van der Waals surface area contributed by atoms with Crippen molar-refractivity contribution in [3.05, 3.63) is 0 Å². The van der Waals surface area contributed by atoms with Crippen molar-refractivity contribution in [3.63, 3.8) is 0 Å². The van der Waals surface area contributed by atoms with E-state index in [0.29, 0.717) is 6.04 Å². The van der Waals surface area contributed by atoms with Crippen molar-refractivity contribution in [3.8, 4) is 0 Å². The SMILES string of the molecule is CCCCN(C(=O)NN)C1CC1. The van der Waals surface area contributed by atoms with E-state index in [2.05, 4.69) is 12.3 Å². The molecule has 0 saturated heterocycles. The van der Waals surface area contributed by atoms with E-state index in [9.17, 15) is 4.79 Å². The maximum absolute atomic E-state index is 11.2. The lowest BCUT2D eigenvalue weighted by Crippen LogP contribution is -2.44. The Morgan fingerprint density at radius 2 is 2.33 bits per heavy atom. The van der Waals surface area contributed by atoms with Gasteiger partial charge in [0.25, 0.3) is 0 Å². The number of urea groups is 1. The molecule has 1 aliphatic carbocycles. The number of rotatable bonds is 4. The molecule has 0 atom stereocenters. The zero-order valence-electron chi connectivity index (χ0n) is 7.55. The van der Waals surface area contributed by atoms with Gasteiger partial charge in [0.1, 0.15) is 0 Å². The van der Waals surface area contributed by atoms with Gasteiger partial charge in [-0.3, -0.25) is 5.43 Å². The van der Waals surface area contributed by atoms with Crippen LogP contribution in [0.5, 0.6) is 0 Å². The summed E-state index contributed by atoms with van der Waals surface area (Å²) >= 11 is 0. The molecule has 70 valence electrons. The van der Waals surface area contributed by atoms with Crippen molar-refractivity contribution in [1.29, 1.82) is 0 Å². The van der Waals surface area contributed by atoms with E-state index in [-0.39, 0.29) is 6.03 Å². The van der Waals surface area contributed by atoms with E-state index in [1.807, 2.05) is 4.90 Å². The fourth-order valence-corrected chi connectivity index (χ4v) is 1.25. The van der Waals surface area contributed by atoms with Gasteiger partial charge < -0.3 is 4.90 Å². The predicted molar refractivity (Wildman–Crippen MR) is 47.4 cm³/mol. The molecule has 1 rings (SSSR count). The maximum Gasteiger partial charge on any atom is 0.331 e. The van der Waals surface area contributed by atoms with Gasteiger partial charge in [-0.25, -0.2) is 10.6 Å². The minimum Gasteiger partial charge on any atom is -0.321 e. The van der Waals surface area contributed by atoms with E-state index >= 15 is 0 Å². The summed E-state index contributed by atoms with van der Waals surface area (Å²) in [7, 11) is 0. The second-order valence-electron chi connectivity index (χ2n) is 3.23. The van der Waals surface area contributed by atoms with Gasteiger partial charge in [0, 0.05) is 12.6 Å². The van der Waals surface area contributed by atoms with Gasteiger partial charge in [-0.1, -0.05) is 13.3 Å². The molecule has 0 aromatic carbocycles. The Balaban J connectivity index is 2.32. The van der Waals surface area contributed by atoms with Crippen LogP contribution < -0.4 is 11.3 Å². The molecule has 1 aliphatic rings. The molecule has 0 radical (unpaired) electrons. The van der Waals surface area contributed by atoms with E-state index in [0.717, 1.165) is 32.2 Å². The molecule has 4 nitrogen and oxygen atoms in total. The van der Waals surface area contributed by atoms with Crippen LogP contribution in [-0.4, -0.2) is 23.5 Å². The number of hydrogen-bond acceptors (Lipinski definition) is 2. The average Bonchev–Trinajstić information content (AvgIpc) is 2.88. The first-order chi connectivity index (χ1) is 5.79. The van der Waals surface area contributed by atoms with Gasteiger partial charge in [-0.05, 0) is 19.3 Å². The van der Waals surface area contributed by atoms with Crippen LogP contribution in [0.3, 0.4) is 0 Å². The standard InChI is InChI=1S/C8H17N3O/c1-2-3-6-11(7-4-5-7)8(12)10-9/h7H,2-6,9H2,1H3,(H,10,12). The van der Waals surface area contributed by atoms with Crippen LogP contribution in [0.15, 0.2) is 0 Å². The third-order valence-electron chi connectivity index (χ3n) is 2.12. The average molecular weight is 171 g/mol. The van der Waals surface area contributed by atoms with Gasteiger partial charge in [0.2, 0.25) is 0 Å². The molecule has 0 aliphatic heterocycles. The van der Waals surface area contributed by atoms with Gasteiger partial charge in [0.05, 0.1) is 0 Å². The van der Waals surface area contributed by atoms with Crippen LogP contribution in [0.25, 0.3) is 0 Å². The summed E-state index contributed by atoms with van der Waals surface area (Å²) < 4.78 is 0. The van der Waals surface area contributed by atoms with Crippen LogP contribution >= 0.6 is 0 Å². The highest BCUT2D eigenvalue weighted by atomic mass is 16.2. The number of hydrazine groups is 1. The van der Waals surface area contributed by atoms with Gasteiger partial charge in [0.15, 0.2) is 0 Å². The van der Waals surface area contributed by atoms with Crippen molar-refractivity contribution in [1.82, 2.24) is 10.3 Å². The normalized spacial score (nSPS) is 15.8. The summed E-state index contributed by atoms with van der Waals surface area (Å²) in [5.74, 6) is 5.07. The molecule has 0 heterocycles. The summed E-state index contributed by atoms with van der Waals surface area (Å²) in [6, 6.07) is 0.325. The lowest BCUT2D eigenvalue weighted by Gasteiger charge is -2.20. The molecule has 2 amide bonds. The zero-order chi connectivity index (χ0) is 8.97. The highest BCUT2D eigenvalue weighted by molar-refractivity contribution is 5.74. The number of carbonyl (C=O) groups is 1. The molecule has 3 N–H and O–H groups in total.